The van der Waals surface area contributed by atoms with E-state index in [2.05, 4.69) is 15.3 Å². The first-order valence-corrected chi connectivity index (χ1v) is 8.35. The molecule has 6 nitrogen and oxygen atoms in total. The van der Waals surface area contributed by atoms with Gasteiger partial charge in [-0.15, -0.1) is 16.4 Å². The molecule has 0 aliphatic carbocycles. The van der Waals surface area contributed by atoms with Gasteiger partial charge < -0.3 is 4.90 Å². The zero-order valence-electron chi connectivity index (χ0n) is 12.4. The van der Waals surface area contributed by atoms with Gasteiger partial charge in [-0.1, -0.05) is 35.5 Å². The molecule has 0 bridgehead atoms. The van der Waals surface area contributed by atoms with Crippen molar-refractivity contribution in [3.05, 3.63) is 53.8 Å². The Balaban J connectivity index is 1.49. The molecule has 116 valence electrons. The number of carbonyl (C=O) groups is 1. The maximum Gasteiger partial charge on any atom is 0.273 e. The van der Waals surface area contributed by atoms with Gasteiger partial charge in [-0.25, -0.2) is 9.67 Å². The molecule has 1 aromatic carbocycles. The Labute approximate surface area is 137 Å². The van der Waals surface area contributed by atoms with E-state index in [4.69, 9.17) is 0 Å². The number of aromatic nitrogens is 4. The minimum atomic E-state index is -0.00829. The van der Waals surface area contributed by atoms with E-state index in [-0.39, 0.29) is 11.9 Å². The second-order valence-electron chi connectivity index (χ2n) is 5.48. The first kappa shape index (κ1) is 14.1. The Kier molecular flexibility index (Phi) is 3.63. The van der Waals surface area contributed by atoms with E-state index in [1.807, 2.05) is 51.5 Å². The molecule has 4 rings (SSSR count). The van der Waals surface area contributed by atoms with Gasteiger partial charge in [0.25, 0.3) is 5.91 Å². The lowest BCUT2D eigenvalue weighted by Crippen LogP contribution is -2.29. The molecule has 1 aliphatic rings. The second kappa shape index (κ2) is 5.92. The summed E-state index contributed by atoms with van der Waals surface area (Å²) in [5.41, 5.74) is 1.56. The molecule has 0 spiro atoms. The van der Waals surface area contributed by atoms with E-state index < -0.39 is 0 Å². The number of hydrogen-bond donors (Lipinski definition) is 0. The zero-order valence-corrected chi connectivity index (χ0v) is 13.2. The van der Waals surface area contributed by atoms with Crippen LogP contribution < -0.4 is 0 Å². The van der Waals surface area contributed by atoms with Gasteiger partial charge in [-0.3, -0.25) is 4.79 Å². The van der Waals surface area contributed by atoms with Crippen molar-refractivity contribution in [1.29, 1.82) is 0 Å². The number of carbonyl (C=O) groups excluding carboxylic acids is 1. The molecule has 0 N–H and O–H groups in total. The van der Waals surface area contributed by atoms with E-state index >= 15 is 0 Å². The third-order valence-corrected chi connectivity index (χ3v) is 4.90. The van der Waals surface area contributed by atoms with Crippen LogP contribution in [0.25, 0.3) is 10.6 Å². The molecule has 0 radical (unpaired) electrons. The molecule has 0 saturated carbocycles. The van der Waals surface area contributed by atoms with Crippen LogP contribution in [0.2, 0.25) is 0 Å². The van der Waals surface area contributed by atoms with Gasteiger partial charge in [0.05, 0.1) is 12.2 Å². The Morgan fingerprint density at radius 3 is 2.91 bits per heavy atom. The average Bonchev–Trinajstić information content (AvgIpc) is 3.35. The Morgan fingerprint density at radius 1 is 1.26 bits per heavy atom. The van der Waals surface area contributed by atoms with Gasteiger partial charge in [0.1, 0.15) is 10.7 Å². The Hall–Kier alpha value is -2.54. The van der Waals surface area contributed by atoms with Crippen molar-refractivity contribution in [1.82, 2.24) is 24.9 Å². The maximum absolute atomic E-state index is 12.6. The second-order valence-corrected chi connectivity index (χ2v) is 6.34. The van der Waals surface area contributed by atoms with Gasteiger partial charge in [0.15, 0.2) is 0 Å². The van der Waals surface area contributed by atoms with Crippen LogP contribution in [0.3, 0.4) is 0 Å². The van der Waals surface area contributed by atoms with Crippen LogP contribution in [0.1, 0.15) is 23.0 Å². The van der Waals surface area contributed by atoms with Crippen molar-refractivity contribution in [2.75, 3.05) is 13.1 Å². The topological polar surface area (TPSA) is 63.9 Å². The molecule has 7 heteroatoms. The monoisotopic (exact) mass is 325 g/mol. The molecule has 3 aromatic rings. The highest BCUT2D eigenvalue weighted by atomic mass is 32.1. The van der Waals surface area contributed by atoms with E-state index in [0.717, 1.165) is 23.5 Å². The lowest BCUT2D eigenvalue weighted by atomic mass is 10.2. The molecule has 1 amide bonds. The van der Waals surface area contributed by atoms with Crippen LogP contribution in [0.15, 0.2) is 48.1 Å². The van der Waals surface area contributed by atoms with Crippen molar-refractivity contribution >= 4 is 17.2 Å². The van der Waals surface area contributed by atoms with Crippen LogP contribution in [0, 0.1) is 0 Å². The molecule has 2 aromatic heterocycles. The lowest BCUT2D eigenvalue weighted by molar-refractivity contribution is 0.0782. The zero-order chi connectivity index (χ0) is 15.6. The summed E-state index contributed by atoms with van der Waals surface area (Å²) in [4.78, 5) is 19.0. The van der Waals surface area contributed by atoms with Gasteiger partial charge in [0, 0.05) is 30.2 Å². The predicted octanol–water partition coefficient (Wildman–Crippen LogP) is 2.49. The van der Waals surface area contributed by atoms with E-state index in [1.165, 1.54) is 11.3 Å². The molecule has 23 heavy (non-hydrogen) atoms. The third-order valence-electron chi connectivity index (χ3n) is 4.01. The Morgan fingerprint density at radius 2 is 2.13 bits per heavy atom. The third kappa shape index (κ3) is 2.75. The minimum absolute atomic E-state index is 0.00829. The largest absolute Gasteiger partial charge is 0.335 e. The molecule has 1 unspecified atom stereocenters. The van der Waals surface area contributed by atoms with Gasteiger partial charge in [0.2, 0.25) is 0 Å². The summed E-state index contributed by atoms with van der Waals surface area (Å²) < 4.78 is 1.82. The summed E-state index contributed by atoms with van der Waals surface area (Å²) in [7, 11) is 0. The molecular weight excluding hydrogens is 310 g/mol. The van der Waals surface area contributed by atoms with Crippen molar-refractivity contribution in [2.24, 2.45) is 0 Å². The maximum atomic E-state index is 12.6. The van der Waals surface area contributed by atoms with Crippen molar-refractivity contribution in [2.45, 2.75) is 12.5 Å². The number of benzene rings is 1. The fourth-order valence-corrected chi connectivity index (χ4v) is 3.60. The molecule has 1 aliphatic heterocycles. The normalized spacial score (nSPS) is 17.6. The van der Waals surface area contributed by atoms with Gasteiger partial charge in [-0.05, 0) is 6.42 Å². The Bertz CT molecular complexity index is 799. The number of thiazole rings is 1. The molecule has 1 atom stereocenters. The van der Waals surface area contributed by atoms with Gasteiger partial charge in [-0.2, -0.15) is 0 Å². The molecular formula is C16H15N5OS. The van der Waals surface area contributed by atoms with Crippen LogP contribution in [-0.2, 0) is 0 Å². The van der Waals surface area contributed by atoms with E-state index in [0.29, 0.717) is 12.2 Å². The number of hydrogen-bond acceptors (Lipinski definition) is 5. The lowest BCUT2D eigenvalue weighted by Gasteiger charge is -2.15. The minimum Gasteiger partial charge on any atom is -0.335 e. The fourth-order valence-electron chi connectivity index (χ4n) is 2.80. The molecule has 3 heterocycles. The number of nitrogens with zero attached hydrogens (tertiary/aromatic N) is 5. The predicted molar refractivity (Wildman–Crippen MR) is 87.1 cm³/mol. The van der Waals surface area contributed by atoms with E-state index in [9.17, 15) is 4.79 Å². The quantitative estimate of drug-likeness (QED) is 0.742. The summed E-state index contributed by atoms with van der Waals surface area (Å²) in [6, 6.07) is 10.1. The first-order valence-electron chi connectivity index (χ1n) is 7.47. The van der Waals surface area contributed by atoms with Crippen LogP contribution in [0.5, 0.6) is 0 Å². The average molecular weight is 325 g/mol. The molecule has 1 saturated heterocycles. The van der Waals surface area contributed by atoms with Crippen molar-refractivity contribution in [3.63, 3.8) is 0 Å². The van der Waals surface area contributed by atoms with Crippen LogP contribution in [0.4, 0.5) is 0 Å². The highest BCUT2D eigenvalue weighted by Crippen LogP contribution is 2.26. The summed E-state index contributed by atoms with van der Waals surface area (Å²) >= 11 is 1.50. The first-order chi connectivity index (χ1) is 11.3. The fraction of sp³-hybridized carbons (Fsp3) is 0.250. The summed E-state index contributed by atoms with van der Waals surface area (Å²) in [5.74, 6) is -0.00829. The van der Waals surface area contributed by atoms with Crippen molar-refractivity contribution < 1.29 is 4.79 Å². The van der Waals surface area contributed by atoms with Gasteiger partial charge >= 0.3 is 0 Å². The highest BCUT2D eigenvalue weighted by molar-refractivity contribution is 7.13. The number of likely N-dealkylation sites (tertiary alicyclic amines) is 1. The van der Waals surface area contributed by atoms with Crippen molar-refractivity contribution in [3.8, 4) is 10.6 Å². The van der Waals surface area contributed by atoms with Crippen LogP contribution in [-0.4, -0.2) is 43.9 Å². The highest BCUT2D eigenvalue weighted by Gasteiger charge is 2.29. The standard InChI is InChI=1S/C16H15N5OS/c22-16(20-8-6-13(10-20)21-9-7-17-19-21)14-11-23-15(18-14)12-4-2-1-3-5-12/h1-5,7,9,11,13H,6,8,10H2. The van der Waals surface area contributed by atoms with Crippen LogP contribution >= 0.6 is 11.3 Å². The molecule has 1 fully saturated rings. The SMILES string of the molecule is O=C(c1csc(-c2ccccc2)n1)N1CCC(n2ccnn2)C1. The number of rotatable bonds is 3. The number of amides is 1. The summed E-state index contributed by atoms with van der Waals surface area (Å²) in [6.07, 6.45) is 4.40. The van der Waals surface area contributed by atoms with E-state index in [1.54, 1.807) is 6.20 Å². The summed E-state index contributed by atoms with van der Waals surface area (Å²) in [5, 5.41) is 10.6. The smallest absolute Gasteiger partial charge is 0.273 e. The summed E-state index contributed by atoms with van der Waals surface area (Å²) in [6.45, 7) is 1.38.